The summed E-state index contributed by atoms with van der Waals surface area (Å²) in [7, 11) is -3.50. The van der Waals surface area contributed by atoms with Crippen molar-refractivity contribution >= 4 is 10.0 Å². The molecule has 0 aliphatic heterocycles. The van der Waals surface area contributed by atoms with Gasteiger partial charge < -0.3 is 9.67 Å². The Morgan fingerprint density at radius 1 is 1.29 bits per heavy atom. The van der Waals surface area contributed by atoms with Gasteiger partial charge in [0.2, 0.25) is 10.0 Å². The minimum Gasteiger partial charge on any atom is -0.390 e. The number of nitrogens with one attached hydrogen (secondary N) is 1. The first-order valence-corrected chi connectivity index (χ1v) is 9.24. The van der Waals surface area contributed by atoms with E-state index in [1.54, 1.807) is 12.3 Å². The molecule has 6 heteroatoms. The highest BCUT2D eigenvalue weighted by Crippen LogP contribution is 2.37. The number of aromatic nitrogens is 1. The highest BCUT2D eigenvalue weighted by molar-refractivity contribution is 7.89. The van der Waals surface area contributed by atoms with Gasteiger partial charge in [0.05, 0.1) is 11.5 Å². The van der Waals surface area contributed by atoms with E-state index < -0.39 is 10.0 Å². The van der Waals surface area contributed by atoms with Gasteiger partial charge in [-0.1, -0.05) is 13.8 Å². The van der Waals surface area contributed by atoms with Gasteiger partial charge in [-0.3, -0.25) is 0 Å². The van der Waals surface area contributed by atoms with E-state index in [1.807, 2.05) is 4.57 Å². The van der Waals surface area contributed by atoms with Gasteiger partial charge >= 0.3 is 0 Å². The van der Waals surface area contributed by atoms with E-state index in [0.717, 1.165) is 25.7 Å². The second-order valence-corrected chi connectivity index (χ2v) is 8.32. The van der Waals surface area contributed by atoms with E-state index in [-0.39, 0.29) is 17.5 Å². The standard InChI is InChI=1S/C15H24N2O3S/c1-10-3-6-15(11(10)2)16-21(19,20)14-7-13(9-18)17(8-14)12-4-5-12/h7-8,10-12,15-16,18H,3-6,9H2,1-2H3. The molecule has 0 aromatic carbocycles. The molecule has 2 aliphatic rings. The molecule has 0 spiro atoms. The Bertz CT molecular complexity index is 619. The first-order valence-electron chi connectivity index (χ1n) is 7.76. The van der Waals surface area contributed by atoms with E-state index >= 15 is 0 Å². The second kappa shape index (κ2) is 5.41. The van der Waals surface area contributed by atoms with Gasteiger partial charge in [-0.05, 0) is 43.6 Å². The van der Waals surface area contributed by atoms with Crippen LogP contribution >= 0.6 is 0 Å². The molecule has 118 valence electrons. The largest absolute Gasteiger partial charge is 0.390 e. The molecule has 0 bridgehead atoms. The Balaban J connectivity index is 1.81. The number of aliphatic hydroxyl groups is 1. The van der Waals surface area contributed by atoms with Crippen LogP contribution in [0.25, 0.3) is 0 Å². The van der Waals surface area contributed by atoms with Gasteiger partial charge in [0.1, 0.15) is 0 Å². The van der Waals surface area contributed by atoms with Crippen LogP contribution in [0.5, 0.6) is 0 Å². The molecule has 21 heavy (non-hydrogen) atoms. The van der Waals surface area contributed by atoms with Gasteiger partial charge in [0, 0.05) is 24.0 Å². The summed E-state index contributed by atoms with van der Waals surface area (Å²) in [5, 5.41) is 9.40. The maximum atomic E-state index is 12.6. The molecule has 3 unspecified atom stereocenters. The lowest BCUT2D eigenvalue weighted by atomic mass is 9.98. The maximum absolute atomic E-state index is 12.6. The van der Waals surface area contributed by atoms with Crippen molar-refractivity contribution < 1.29 is 13.5 Å². The van der Waals surface area contributed by atoms with Crippen LogP contribution in [0.4, 0.5) is 0 Å². The van der Waals surface area contributed by atoms with Crippen LogP contribution in [-0.4, -0.2) is 24.1 Å². The van der Waals surface area contributed by atoms with Crippen LogP contribution in [0.15, 0.2) is 17.2 Å². The van der Waals surface area contributed by atoms with Gasteiger partial charge in [0.15, 0.2) is 0 Å². The van der Waals surface area contributed by atoms with E-state index in [1.165, 1.54) is 0 Å². The lowest BCUT2D eigenvalue weighted by molar-refractivity contribution is 0.270. The third kappa shape index (κ3) is 2.89. The highest BCUT2D eigenvalue weighted by Gasteiger charge is 2.34. The normalized spacial score (nSPS) is 30.0. The first-order chi connectivity index (χ1) is 9.92. The number of hydrogen-bond acceptors (Lipinski definition) is 3. The second-order valence-electron chi connectivity index (χ2n) is 6.61. The lowest BCUT2D eigenvalue weighted by Crippen LogP contribution is -2.37. The predicted octanol–water partition coefficient (Wildman–Crippen LogP) is 2.03. The summed E-state index contributed by atoms with van der Waals surface area (Å²) in [6.45, 7) is 4.16. The smallest absolute Gasteiger partial charge is 0.242 e. The summed E-state index contributed by atoms with van der Waals surface area (Å²) < 4.78 is 29.9. The minimum atomic E-state index is -3.50. The summed E-state index contributed by atoms with van der Waals surface area (Å²) in [6.07, 6.45) is 5.77. The van der Waals surface area contributed by atoms with Crippen molar-refractivity contribution in [3.05, 3.63) is 18.0 Å². The van der Waals surface area contributed by atoms with E-state index in [2.05, 4.69) is 18.6 Å². The quantitative estimate of drug-likeness (QED) is 0.874. The minimum absolute atomic E-state index is 0.0202. The highest BCUT2D eigenvalue weighted by atomic mass is 32.2. The summed E-state index contributed by atoms with van der Waals surface area (Å²) in [5.41, 5.74) is 0.686. The molecule has 3 rings (SSSR count). The van der Waals surface area contributed by atoms with Gasteiger partial charge in [-0.15, -0.1) is 0 Å². The Kier molecular flexibility index (Phi) is 3.88. The number of rotatable bonds is 5. The Morgan fingerprint density at radius 2 is 2.00 bits per heavy atom. The molecule has 3 atom stereocenters. The SMILES string of the molecule is CC1CCC(NS(=O)(=O)c2cc(CO)n(C3CC3)c2)C1C. The molecule has 1 aromatic heterocycles. The van der Waals surface area contributed by atoms with Crippen LogP contribution in [-0.2, 0) is 16.6 Å². The predicted molar refractivity (Wildman–Crippen MR) is 80.3 cm³/mol. The van der Waals surface area contributed by atoms with Crippen LogP contribution in [0, 0.1) is 11.8 Å². The van der Waals surface area contributed by atoms with Crippen molar-refractivity contribution in [2.45, 2.75) is 63.1 Å². The van der Waals surface area contributed by atoms with Crippen molar-refractivity contribution in [1.82, 2.24) is 9.29 Å². The zero-order valence-electron chi connectivity index (χ0n) is 12.6. The van der Waals surface area contributed by atoms with Crippen molar-refractivity contribution in [3.8, 4) is 0 Å². The Labute approximate surface area is 126 Å². The fourth-order valence-corrected chi connectivity index (χ4v) is 4.67. The summed E-state index contributed by atoms with van der Waals surface area (Å²) >= 11 is 0. The van der Waals surface area contributed by atoms with E-state index in [0.29, 0.717) is 23.6 Å². The van der Waals surface area contributed by atoms with Crippen LogP contribution in [0.1, 0.15) is 51.3 Å². The zero-order chi connectivity index (χ0) is 15.2. The zero-order valence-corrected chi connectivity index (χ0v) is 13.4. The average molecular weight is 312 g/mol. The van der Waals surface area contributed by atoms with E-state index in [9.17, 15) is 13.5 Å². The van der Waals surface area contributed by atoms with E-state index in [4.69, 9.17) is 0 Å². The van der Waals surface area contributed by atoms with Crippen molar-refractivity contribution in [2.24, 2.45) is 11.8 Å². The molecule has 2 fully saturated rings. The molecule has 0 amide bonds. The summed E-state index contributed by atoms with van der Waals surface area (Å²) in [4.78, 5) is 0.283. The monoisotopic (exact) mass is 312 g/mol. The Morgan fingerprint density at radius 3 is 2.52 bits per heavy atom. The molecular weight excluding hydrogens is 288 g/mol. The Hall–Kier alpha value is -0.850. The molecule has 2 aliphatic carbocycles. The number of nitrogens with zero attached hydrogens (tertiary/aromatic N) is 1. The third-order valence-electron chi connectivity index (χ3n) is 5.09. The summed E-state index contributed by atoms with van der Waals surface area (Å²) in [6, 6.07) is 1.98. The van der Waals surface area contributed by atoms with Gasteiger partial charge in [0.25, 0.3) is 0 Å². The lowest BCUT2D eigenvalue weighted by Gasteiger charge is -2.19. The molecule has 0 saturated heterocycles. The first kappa shape index (κ1) is 15.1. The number of sulfonamides is 1. The van der Waals surface area contributed by atoms with Crippen LogP contribution in [0.3, 0.4) is 0 Å². The average Bonchev–Trinajstić information content (AvgIpc) is 3.12. The van der Waals surface area contributed by atoms with Crippen molar-refractivity contribution in [1.29, 1.82) is 0 Å². The van der Waals surface area contributed by atoms with Gasteiger partial charge in [-0.2, -0.15) is 0 Å². The maximum Gasteiger partial charge on any atom is 0.242 e. The van der Waals surface area contributed by atoms with Crippen molar-refractivity contribution in [3.63, 3.8) is 0 Å². The third-order valence-corrected chi connectivity index (χ3v) is 6.55. The van der Waals surface area contributed by atoms with Gasteiger partial charge in [-0.25, -0.2) is 13.1 Å². The fraction of sp³-hybridized carbons (Fsp3) is 0.733. The topological polar surface area (TPSA) is 71.3 Å². The fourth-order valence-electron chi connectivity index (χ4n) is 3.26. The number of aliphatic hydroxyl groups excluding tert-OH is 1. The molecule has 0 radical (unpaired) electrons. The molecule has 5 nitrogen and oxygen atoms in total. The van der Waals surface area contributed by atoms with Crippen LogP contribution in [0.2, 0.25) is 0 Å². The molecule has 2 saturated carbocycles. The number of hydrogen-bond donors (Lipinski definition) is 2. The molecular formula is C15H24N2O3S. The van der Waals surface area contributed by atoms with Crippen LogP contribution < -0.4 is 4.72 Å². The molecule has 1 heterocycles. The molecule has 2 N–H and O–H groups in total. The summed E-state index contributed by atoms with van der Waals surface area (Å²) in [5.74, 6) is 0.921. The van der Waals surface area contributed by atoms with Crippen molar-refractivity contribution in [2.75, 3.05) is 0 Å². The molecule has 1 aromatic rings.